The van der Waals surface area contributed by atoms with Gasteiger partial charge in [-0.2, -0.15) is 9.76 Å². The Morgan fingerprint density at radius 3 is 2.61 bits per heavy atom. The highest BCUT2D eigenvalue weighted by atomic mass is 32.2. The minimum absolute atomic E-state index is 0.483. The van der Waals surface area contributed by atoms with Crippen LogP contribution in [0.5, 0.6) is 0 Å². The summed E-state index contributed by atoms with van der Waals surface area (Å²) in [5.41, 5.74) is 3.70. The third-order valence-electron chi connectivity index (χ3n) is 2.21. The summed E-state index contributed by atoms with van der Waals surface area (Å²) >= 11 is -1.80. The van der Waals surface area contributed by atoms with Crippen molar-refractivity contribution in [2.24, 2.45) is 0 Å². The van der Waals surface area contributed by atoms with Crippen molar-refractivity contribution in [2.75, 3.05) is 26.1 Å². The van der Waals surface area contributed by atoms with E-state index >= 15 is 0 Å². The van der Waals surface area contributed by atoms with Crippen LogP contribution < -0.4 is 10.4 Å². The van der Waals surface area contributed by atoms with E-state index in [0.717, 1.165) is 11.3 Å². The normalized spacial score (nSPS) is 11.8. The number of hydrogen-bond donors (Lipinski definition) is 1. The van der Waals surface area contributed by atoms with Gasteiger partial charge in [0.2, 0.25) is 11.1 Å². The van der Waals surface area contributed by atoms with Crippen LogP contribution in [-0.2, 0) is 20.1 Å². The van der Waals surface area contributed by atoms with Gasteiger partial charge in [-0.3, -0.25) is 0 Å². The zero-order valence-corrected chi connectivity index (χ0v) is 11.5. The smallest absolute Gasteiger partial charge is 0.432 e. The molecule has 0 aliphatic rings. The fraction of sp³-hybridized carbons (Fsp3) is 0.364. The lowest BCUT2D eigenvalue weighted by Gasteiger charge is -2.19. The Morgan fingerprint density at radius 1 is 1.39 bits per heavy atom. The van der Waals surface area contributed by atoms with Gasteiger partial charge >= 0.3 is 6.09 Å². The lowest BCUT2D eigenvalue weighted by atomic mass is 10.2. The summed E-state index contributed by atoms with van der Waals surface area (Å²) in [6, 6.07) is 5.36. The Morgan fingerprint density at radius 2 is 2.06 bits per heavy atom. The molecule has 0 saturated carbocycles. The van der Waals surface area contributed by atoms with E-state index in [1.807, 2.05) is 37.5 Å². The summed E-state index contributed by atoms with van der Waals surface area (Å²) in [4.78, 5) is 13.2. The van der Waals surface area contributed by atoms with Crippen LogP contribution in [0.15, 0.2) is 23.1 Å². The highest BCUT2D eigenvalue weighted by Gasteiger charge is 2.15. The number of carbonyl (C=O) groups excluding carboxylic acids is 1. The van der Waals surface area contributed by atoms with Gasteiger partial charge in [0, 0.05) is 14.1 Å². The first kappa shape index (κ1) is 14.5. The topological polar surface area (TPSA) is 67.9 Å². The predicted octanol–water partition coefficient (Wildman–Crippen LogP) is 1.37. The van der Waals surface area contributed by atoms with Crippen molar-refractivity contribution in [3.05, 3.63) is 23.8 Å². The molecule has 18 heavy (non-hydrogen) atoms. The van der Waals surface area contributed by atoms with E-state index in [4.69, 9.17) is 4.28 Å². The maximum atomic E-state index is 11.9. The first-order chi connectivity index (χ1) is 8.47. The minimum Gasteiger partial charge on any atom is -0.451 e. The molecule has 7 heteroatoms. The molecular formula is C11H16N2O4S. The van der Waals surface area contributed by atoms with E-state index in [-0.39, 0.29) is 0 Å². The number of rotatable bonds is 4. The molecule has 0 radical (unpaired) electrons. The number of benzene rings is 1. The summed E-state index contributed by atoms with van der Waals surface area (Å²) in [7, 11) is 4.88. The Hall–Kier alpha value is -1.60. The van der Waals surface area contributed by atoms with Crippen molar-refractivity contribution < 1.29 is 18.0 Å². The number of aryl methyl sites for hydroxylation is 1. The van der Waals surface area contributed by atoms with Crippen LogP contribution in [0.3, 0.4) is 0 Å². The molecule has 1 N–H and O–H groups in total. The number of anilines is 1. The standard InChI is InChI=1S/C11H16N2O4S/c1-8-6-5-7-9(10(8)13(2)3)18(15)17-12-11(14)16-4/h5-7H,1-4H3,(H,12,14). The number of nitrogens with one attached hydrogen (secondary N) is 1. The van der Waals surface area contributed by atoms with E-state index < -0.39 is 17.2 Å². The number of carbonyl (C=O) groups is 1. The molecule has 0 spiro atoms. The van der Waals surface area contributed by atoms with Gasteiger partial charge in [0.25, 0.3) is 0 Å². The average molecular weight is 272 g/mol. The maximum Gasteiger partial charge on any atom is 0.432 e. The lowest BCUT2D eigenvalue weighted by Crippen LogP contribution is -2.25. The van der Waals surface area contributed by atoms with Crippen LogP contribution in [0.2, 0.25) is 0 Å². The summed E-state index contributed by atoms with van der Waals surface area (Å²) in [5.74, 6) is 0. The molecular weight excluding hydrogens is 256 g/mol. The maximum absolute atomic E-state index is 11.9. The summed E-state index contributed by atoms with van der Waals surface area (Å²) in [5, 5.41) is 0. The largest absolute Gasteiger partial charge is 0.451 e. The van der Waals surface area contributed by atoms with Crippen molar-refractivity contribution >= 4 is 22.9 Å². The molecule has 0 aromatic heterocycles. The molecule has 1 unspecified atom stereocenters. The van der Waals surface area contributed by atoms with E-state index in [1.54, 1.807) is 12.1 Å². The fourth-order valence-corrected chi connectivity index (χ4v) is 2.42. The second-order valence-corrected chi connectivity index (χ2v) is 4.80. The molecule has 0 fully saturated rings. The van der Waals surface area contributed by atoms with Gasteiger partial charge in [0.1, 0.15) is 0 Å². The number of methoxy groups -OCH3 is 1. The zero-order valence-electron chi connectivity index (χ0n) is 10.7. The van der Waals surface area contributed by atoms with Gasteiger partial charge in [-0.1, -0.05) is 12.1 Å². The van der Waals surface area contributed by atoms with Crippen molar-refractivity contribution in [2.45, 2.75) is 11.8 Å². The Labute approximate surface area is 108 Å². The lowest BCUT2D eigenvalue weighted by molar-refractivity contribution is 0.125. The summed E-state index contributed by atoms with van der Waals surface area (Å²) in [6.07, 6.45) is -0.803. The number of amides is 1. The summed E-state index contributed by atoms with van der Waals surface area (Å²) in [6.45, 7) is 1.91. The van der Waals surface area contributed by atoms with Crippen LogP contribution in [0.4, 0.5) is 10.5 Å². The fourth-order valence-electron chi connectivity index (χ4n) is 1.50. The van der Waals surface area contributed by atoms with E-state index in [0.29, 0.717) is 4.90 Å². The van der Waals surface area contributed by atoms with Gasteiger partial charge in [0.05, 0.1) is 17.7 Å². The van der Waals surface area contributed by atoms with Crippen molar-refractivity contribution in [3.8, 4) is 0 Å². The molecule has 100 valence electrons. The molecule has 1 aromatic carbocycles. The third-order valence-corrected chi connectivity index (χ3v) is 3.14. The molecule has 0 heterocycles. The minimum atomic E-state index is -1.80. The number of hydrogen-bond acceptors (Lipinski definition) is 5. The Kier molecular flexibility index (Phi) is 5.11. The molecule has 1 amide bonds. The highest BCUT2D eigenvalue weighted by Crippen LogP contribution is 2.26. The van der Waals surface area contributed by atoms with Gasteiger partial charge in [-0.25, -0.2) is 9.00 Å². The molecule has 0 bridgehead atoms. The molecule has 6 nitrogen and oxygen atoms in total. The highest BCUT2D eigenvalue weighted by molar-refractivity contribution is 7.80. The SMILES string of the molecule is COC(=O)NOS(=O)c1cccc(C)c1N(C)C. The van der Waals surface area contributed by atoms with E-state index in [2.05, 4.69) is 4.74 Å². The predicted molar refractivity (Wildman–Crippen MR) is 68.5 cm³/mol. The number of ether oxygens (including phenoxy) is 1. The molecule has 0 saturated heterocycles. The van der Waals surface area contributed by atoms with Crippen LogP contribution in [0.1, 0.15) is 5.56 Å². The quantitative estimate of drug-likeness (QED) is 0.838. The summed E-state index contributed by atoms with van der Waals surface area (Å²) < 4.78 is 21.0. The zero-order chi connectivity index (χ0) is 13.7. The van der Waals surface area contributed by atoms with Gasteiger partial charge < -0.3 is 9.64 Å². The van der Waals surface area contributed by atoms with Crippen LogP contribution in [0.25, 0.3) is 0 Å². The van der Waals surface area contributed by atoms with Gasteiger partial charge in [-0.15, -0.1) is 0 Å². The van der Waals surface area contributed by atoms with E-state index in [9.17, 15) is 9.00 Å². The molecule has 0 aliphatic carbocycles. The Balaban J connectivity index is 2.92. The first-order valence-electron chi connectivity index (χ1n) is 5.17. The molecule has 1 aromatic rings. The Bertz CT molecular complexity index is 462. The van der Waals surface area contributed by atoms with Crippen molar-refractivity contribution in [3.63, 3.8) is 0 Å². The monoisotopic (exact) mass is 272 g/mol. The van der Waals surface area contributed by atoms with Crippen molar-refractivity contribution in [1.82, 2.24) is 5.48 Å². The van der Waals surface area contributed by atoms with Crippen molar-refractivity contribution in [1.29, 1.82) is 0 Å². The van der Waals surface area contributed by atoms with E-state index in [1.165, 1.54) is 7.11 Å². The molecule has 0 aliphatic heterocycles. The van der Waals surface area contributed by atoms with Crippen LogP contribution in [0, 0.1) is 6.92 Å². The number of nitrogens with zero attached hydrogens (tertiary/aromatic N) is 1. The number of para-hydroxylation sites is 1. The molecule has 1 rings (SSSR count). The van der Waals surface area contributed by atoms with Gasteiger partial charge in [-0.05, 0) is 18.6 Å². The average Bonchev–Trinajstić information content (AvgIpc) is 2.34. The second-order valence-electron chi connectivity index (χ2n) is 3.73. The second kappa shape index (κ2) is 6.36. The van der Waals surface area contributed by atoms with Gasteiger partial charge in [0.15, 0.2) is 0 Å². The van der Waals surface area contributed by atoms with Crippen LogP contribution >= 0.6 is 0 Å². The van der Waals surface area contributed by atoms with Crippen LogP contribution in [-0.4, -0.2) is 31.5 Å². The number of hydroxylamine groups is 1. The third kappa shape index (κ3) is 3.44. The molecule has 1 atom stereocenters. The first-order valence-corrected chi connectivity index (χ1v) is 6.25.